The molecule has 0 unspecified atom stereocenters. The molecule has 4 heteroatoms. The highest BCUT2D eigenvalue weighted by Gasteiger charge is 2.12. The molecule has 3 aromatic rings. The molecule has 2 aromatic heterocycles. The van der Waals surface area contributed by atoms with Crippen molar-refractivity contribution in [1.29, 1.82) is 0 Å². The molecular formula is C19H22N4. The van der Waals surface area contributed by atoms with Crippen LogP contribution < -0.4 is 0 Å². The summed E-state index contributed by atoms with van der Waals surface area (Å²) < 4.78 is 2.23. The van der Waals surface area contributed by atoms with Crippen molar-refractivity contribution in [2.45, 2.75) is 25.8 Å². The zero-order valence-corrected chi connectivity index (χ0v) is 13.4. The number of pyridine rings is 1. The van der Waals surface area contributed by atoms with Crippen LogP contribution in [0.2, 0.25) is 0 Å². The van der Waals surface area contributed by atoms with Gasteiger partial charge in [0.1, 0.15) is 5.69 Å². The Morgan fingerprint density at radius 3 is 2.70 bits per heavy atom. The number of nitrogens with zero attached hydrogens (tertiary/aromatic N) is 4. The lowest BCUT2D eigenvalue weighted by Crippen LogP contribution is -2.32. The van der Waals surface area contributed by atoms with Crippen LogP contribution in [-0.2, 0) is 6.54 Å². The Labute approximate surface area is 136 Å². The fourth-order valence-corrected chi connectivity index (χ4v) is 3.35. The van der Waals surface area contributed by atoms with E-state index in [1.165, 1.54) is 37.7 Å². The molecule has 0 radical (unpaired) electrons. The first kappa shape index (κ1) is 14.4. The first-order valence-electron chi connectivity index (χ1n) is 8.50. The zero-order chi connectivity index (χ0) is 15.5. The van der Waals surface area contributed by atoms with Crippen LogP contribution in [-0.4, -0.2) is 39.1 Å². The van der Waals surface area contributed by atoms with E-state index in [1.807, 2.05) is 18.3 Å². The number of hydrogen-bond donors (Lipinski definition) is 0. The van der Waals surface area contributed by atoms with E-state index in [0.717, 1.165) is 30.1 Å². The molecule has 1 aliphatic rings. The molecule has 118 valence electrons. The van der Waals surface area contributed by atoms with E-state index in [1.54, 1.807) is 0 Å². The lowest BCUT2D eigenvalue weighted by molar-refractivity contribution is 0.221. The zero-order valence-electron chi connectivity index (χ0n) is 13.4. The summed E-state index contributed by atoms with van der Waals surface area (Å²) in [5.41, 5.74) is 1.97. The third-order valence-electron chi connectivity index (χ3n) is 4.65. The Balaban J connectivity index is 1.55. The van der Waals surface area contributed by atoms with Gasteiger partial charge in [-0.15, -0.1) is 0 Å². The molecule has 0 spiro atoms. The van der Waals surface area contributed by atoms with Crippen LogP contribution in [0, 0.1) is 0 Å². The second-order valence-corrected chi connectivity index (χ2v) is 6.24. The molecule has 1 fully saturated rings. The van der Waals surface area contributed by atoms with Crippen molar-refractivity contribution < 1.29 is 0 Å². The van der Waals surface area contributed by atoms with Crippen LogP contribution >= 0.6 is 0 Å². The number of benzene rings is 1. The van der Waals surface area contributed by atoms with E-state index in [-0.39, 0.29) is 0 Å². The summed E-state index contributed by atoms with van der Waals surface area (Å²) >= 11 is 0. The summed E-state index contributed by atoms with van der Waals surface area (Å²) in [6.45, 7) is 4.54. The van der Waals surface area contributed by atoms with Crippen molar-refractivity contribution >= 4 is 10.9 Å². The summed E-state index contributed by atoms with van der Waals surface area (Å²) in [7, 11) is 0. The number of para-hydroxylation sites is 1. The van der Waals surface area contributed by atoms with Crippen molar-refractivity contribution in [3.05, 3.63) is 48.8 Å². The van der Waals surface area contributed by atoms with Crippen LogP contribution in [0.4, 0.5) is 0 Å². The number of aromatic nitrogens is 3. The molecule has 0 bridgehead atoms. The fourth-order valence-electron chi connectivity index (χ4n) is 3.35. The highest BCUT2D eigenvalue weighted by Crippen LogP contribution is 2.20. The minimum atomic E-state index is 0.951. The van der Waals surface area contributed by atoms with Gasteiger partial charge in [-0.1, -0.05) is 30.7 Å². The quantitative estimate of drug-likeness (QED) is 0.739. The maximum absolute atomic E-state index is 4.78. The van der Waals surface area contributed by atoms with Gasteiger partial charge in [0.2, 0.25) is 0 Å². The lowest BCUT2D eigenvalue weighted by atomic mass is 10.1. The summed E-state index contributed by atoms with van der Waals surface area (Å²) in [5.74, 6) is 0.966. The predicted octanol–water partition coefficient (Wildman–Crippen LogP) is 3.58. The van der Waals surface area contributed by atoms with Gasteiger partial charge in [-0.2, -0.15) is 0 Å². The molecule has 1 saturated heterocycles. The Kier molecular flexibility index (Phi) is 4.07. The van der Waals surface area contributed by atoms with Gasteiger partial charge in [-0.25, -0.2) is 9.97 Å². The Morgan fingerprint density at radius 1 is 0.913 bits per heavy atom. The standard InChI is InChI=1S/C19H22N4/c1-4-11-22(12-5-1)14-15-23-13-10-20-19(23)18-9-8-16-6-2-3-7-17(16)21-18/h2-3,6-10,13H,1,4-5,11-12,14-15H2. The minimum absolute atomic E-state index is 0.951. The minimum Gasteiger partial charge on any atom is -0.328 e. The largest absolute Gasteiger partial charge is 0.328 e. The fraction of sp³-hybridized carbons (Fsp3) is 0.368. The highest BCUT2D eigenvalue weighted by molar-refractivity contribution is 5.80. The number of likely N-dealkylation sites (tertiary alicyclic amines) is 1. The molecule has 4 nitrogen and oxygen atoms in total. The van der Waals surface area contributed by atoms with Crippen LogP contribution in [0.15, 0.2) is 48.8 Å². The normalized spacial score (nSPS) is 16.0. The molecule has 0 amide bonds. The number of piperidine rings is 1. The van der Waals surface area contributed by atoms with Gasteiger partial charge >= 0.3 is 0 Å². The van der Waals surface area contributed by atoms with Gasteiger partial charge in [0, 0.05) is 30.9 Å². The van der Waals surface area contributed by atoms with Gasteiger partial charge in [-0.3, -0.25) is 0 Å². The molecule has 23 heavy (non-hydrogen) atoms. The van der Waals surface area contributed by atoms with E-state index in [9.17, 15) is 0 Å². The summed E-state index contributed by atoms with van der Waals surface area (Å²) in [6.07, 6.45) is 8.00. The van der Waals surface area contributed by atoms with Gasteiger partial charge < -0.3 is 9.47 Å². The molecule has 0 N–H and O–H groups in total. The SMILES string of the molecule is c1ccc2nc(-c3nccn3CCN3CCCCC3)ccc2c1. The van der Waals surface area contributed by atoms with Crippen LogP contribution in [0.25, 0.3) is 22.4 Å². The maximum atomic E-state index is 4.78. The summed E-state index contributed by atoms with van der Waals surface area (Å²) in [6, 6.07) is 12.4. The van der Waals surface area contributed by atoms with Crippen LogP contribution in [0.3, 0.4) is 0 Å². The van der Waals surface area contributed by atoms with Crippen LogP contribution in [0.5, 0.6) is 0 Å². The van der Waals surface area contributed by atoms with E-state index >= 15 is 0 Å². The molecule has 1 aliphatic heterocycles. The van der Waals surface area contributed by atoms with Crippen molar-refractivity contribution in [3.8, 4) is 11.5 Å². The van der Waals surface area contributed by atoms with Gasteiger partial charge in [0.05, 0.1) is 5.52 Å². The third-order valence-corrected chi connectivity index (χ3v) is 4.65. The number of hydrogen-bond acceptors (Lipinski definition) is 3. The second-order valence-electron chi connectivity index (χ2n) is 6.24. The van der Waals surface area contributed by atoms with Gasteiger partial charge in [0.25, 0.3) is 0 Å². The molecule has 0 atom stereocenters. The predicted molar refractivity (Wildman–Crippen MR) is 93.3 cm³/mol. The molecule has 4 rings (SSSR count). The molecule has 0 aliphatic carbocycles. The number of fused-ring (bicyclic) bond motifs is 1. The lowest BCUT2D eigenvalue weighted by Gasteiger charge is -2.26. The average molecular weight is 306 g/mol. The molecular weight excluding hydrogens is 284 g/mol. The average Bonchev–Trinajstić information content (AvgIpc) is 3.09. The van der Waals surface area contributed by atoms with E-state index in [4.69, 9.17) is 4.98 Å². The Morgan fingerprint density at radius 2 is 1.78 bits per heavy atom. The Bertz CT molecular complexity index is 787. The molecule has 1 aromatic carbocycles. The first-order chi connectivity index (χ1) is 11.4. The van der Waals surface area contributed by atoms with E-state index in [0.29, 0.717) is 0 Å². The maximum Gasteiger partial charge on any atom is 0.158 e. The summed E-state index contributed by atoms with van der Waals surface area (Å²) in [4.78, 5) is 11.9. The van der Waals surface area contributed by atoms with Crippen molar-refractivity contribution in [1.82, 2.24) is 19.4 Å². The third kappa shape index (κ3) is 3.13. The van der Waals surface area contributed by atoms with E-state index < -0.39 is 0 Å². The number of rotatable bonds is 4. The van der Waals surface area contributed by atoms with Gasteiger partial charge in [0.15, 0.2) is 5.82 Å². The van der Waals surface area contributed by atoms with Crippen molar-refractivity contribution in [2.24, 2.45) is 0 Å². The van der Waals surface area contributed by atoms with Crippen LogP contribution in [0.1, 0.15) is 19.3 Å². The number of imidazole rings is 1. The highest BCUT2D eigenvalue weighted by atomic mass is 15.2. The smallest absolute Gasteiger partial charge is 0.158 e. The van der Waals surface area contributed by atoms with Crippen molar-refractivity contribution in [2.75, 3.05) is 19.6 Å². The summed E-state index contributed by atoms with van der Waals surface area (Å²) in [5, 5.41) is 1.17. The first-order valence-corrected chi connectivity index (χ1v) is 8.50. The topological polar surface area (TPSA) is 34.0 Å². The molecule has 0 saturated carbocycles. The monoisotopic (exact) mass is 306 g/mol. The molecule has 3 heterocycles. The van der Waals surface area contributed by atoms with Gasteiger partial charge in [-0.05, 0) is 38.1 Å². The van der Waals surface area contributed by atoms with E-state index in [2.05, 4.69) is 44.9 Å². The van der Waals surface area contributed by atoms with Crippen molar-refractivity contribution in [3.63, 3.8) is 0 Å². The Hall–Kier alpha value is -2.20. The second kappa shape index (κ2) is 6.50.